The Bertz CT molecular complexity index is 201. The van der Waals surface area contributed by atoms with Crippen LogP contribution in [-0.4, -0.2) is 50.1 Å². The van der Waals surface area contributed by atoms with Crippen LogP contribution in [0.5, 0.6) is 0 Å². The molecule has 0 N–H and O–H groups in total. The van der Waals surface area contributed by atoms with Crippen molar-refractivity contribution in [2.45, 2.75) is 34.1 Å². The van der Waals surface area contributed by atoms with Gasteiger partial charge in [-0.25, -0.2) is 0 Å². The quantitative estimate of drug-likeness (QED) is 0.748. The van der Waals surface area contributed by atoms with Crippen LogP contribution in [0.3, 0.4) is 0 Å². The molecule has 0 radical (unpaired) electrons. The Hall–Kier alpha value is -0.0800. The van der Waals surface area contributed by atoms with E-state index >= 15 is 0 Å². The lowest BCUT2D eigenvalue weighted by atomic mass is 9.89. The molecule has 17 heavy (non-hydrogen) atoms. The topological polar surface area (TPSA) is 6.48 Å². The Morgan fingerprint density at radius 2 is 1.35 bits per heavy atom. The molecule has 0 unspecified atom stereocenters. The summed E-state index contributed by atoms with van der Waals surface area (Å²) in [6.07, 6.45) is 1.42. The van der Waals surface area contributed by atoms with Crippen molar-refractivity contribution in [3.05, 3.63) is 0 Å². The number of nitrogens with zero attached hydrogens (tertiary/aromatic N) is 2. The third kappa shape index (κ3) is 5.39. The van der Waals surface area contributed by atoms with E-state index in [9.17, 15) is 0 Å². The van der Waals surface area contributed by atoms with Gasteiger partial charge in [0, 0.05) is 26.2 Å². The Morgan fingerprint density at radius 3 is 1.59 bits per heavy atom. The first-order chi connectivity index (χ1) is 7.88. The average Bonchev–Trinajstić information content (AvgIpc) is 2.10. The van der Waals surface area contributed by atoms with E-state index < -0.39 is 0 Å². The first kappa shape index (κ1) is 15.0. The minimum atomic E-state index is 0.892. The first-order valence-electron chi connectivity index (χ1n) is 7.25. The highest BCUT2D eigenvalue weighted by molar-refractivity contribution is 4.78. The zero-order valence-corrected chi connectivity index (χ0v) is 12.7. The molecule has 0 spiro atoms. The van der Waals surface area contributed by atoms with Crippen LogP contribution in [0, 0.1) is 23.7 Å². The van der Waals surface area contributed by atoms with Crippen molar-refractivity contribution in [1.82, 2.24) is 9.80 Å². The molecule has 0 aromatic carbocycles. The molecule has 2 heterocycles. The van der Waals surface area contributed by atoms with E-state index in [-0.39, 0.29) is 0 Å². The Balaban J connectivity index is 0.000000171. The molecule has 0 saturated carbocycles. The molecule has 0 aromatic rings. The summed E-state index contributed by atoms with van der Waals surface area (Å²) in [7, 11) is 4.37. The third-order valence-corrected chi connectivity index (χ3v) is 3.98. The lowest BCUT2D eigenvalue weighted by Gasteiger charge is -2.38. The van der Waals surface area contributed by atoms with Gasteiger partial charge in [-0.2, -0.15) is 0 Å². The molecule has 2 heteroatoms. The normalized spacial score (nSPS) is 23.3. The fourth-order valence-corrected chi connectivity index (χ4v) is 2.81. The van der Waals surface area contributed by atoms with Gasteiger partial charge in [0.25, 0.3) is 0 Å². The first-order valence-corrected chi connectivity index (χ1v) is 7.25. The second-order valence-electron chi connectivity index (χ2n) is 6.94. The number of rotatable bonds is 3. The molecule has 2 rings (SSSR count). The highest BCUT2D eigenvalue weighted by atomic mass is 15.2. The van der Waals surface area contributed by atoms with Gasteiger partial charge in [0.1, 0.15) is 0 Å². The van der Waals surface area contributed by atoms with Gasteiger partial charge in [-0.15, -0.1) is 0 Å². The predicted molar refractivity (Wildman–Crippen MR) is 76.3 cm³/mol. The van der Waals surface area contributed by atoms with Gasteiger partial charge in [-0.3, -0.25) is 0 Å². The van der Waals surface area contributed by atoms with E-state index in [1.54, 1.807) is 0 Å². The maximum absolute atomic E-state index is 2.38. The molecular weight excluding hydrogens is 208 g/mol. The SMILES string of the molecule is CC(C)C1CN(C)C1.CC(C)CC1CN(C)C1. The second-order valence-corrected chi connectivity index (χ2v) is 6.94. The van der Waals surface area contributed by atoms with Gasteiger partial charge in [-0.05, 0) is 44.2 Å². The highest BCUT2D eigenvalue weighted by Crippen LogP contribution is 2.21. The summed E-state index contributed by atoms with van der Waals surface area (Å²) in [5.41, 5.74) is 0. The number of likely N-dealkylation sites (tertiary alicyclic amines) is 2. The highest BCUT2D eigenvalue weighted by Gasteiger charge is 2.25. The number of hydrogen-bond acceptors (Lipinski definition) is 2. The van der Waals surface area contributed by atoms with E-state index in [2.05, 4.69) is 51.6 Å². The zero-order chi connectivity index (χ0) is 13.0. The summed E-state index contributed by atoms with van der Waals surface area (Å²) in [6, 6.07) is 0. The standard InChI is InChI=1S/C8H17N.C7H15N/c1-7(2)4-8-5-9(3)6-8;1-6(2)7-4-8(3)5-7/h7-8H,4-6H2,1-3H3;6-7H,4-5H2,1-3H3. The van der Waals surface area contributed by atoms with Crippen LogP contribution in [0.1, 0.15) is 34.1 Å². The zero-order valence-electron chi connectivity index (χ0n) is 12.7. The second kappa shape index (κ2) is 6.75. The largest absolute Gasteiger partial charge is 0.306 e. The van der Waals surface area contributed by atoms with Crippen LogP contribution in [0.25, 0.3) is 0 Å². The lowest BCUT2D eigenvalue weighted by molar-refractivity contribution is 0.0967. The summed E-state index contributed by atoms with van der Waals surface area (Å²) >= 11 is 0. The molecule has 2 fully saturated rings. The third-order valence-electron chi connectivity index (χ3n) is 3.98. The molecule has 0 aromatic heterocycles. The van der Waals surface area contributed by atoms with Crippen LogP contribution in [0.15, 0.2) is 0 Å². The van der Waals surface area contributed by atoms with E-state index in [1.807, 2.05) is 0 Å². The summed E-state index contributed by atoms with van der Waals surface area (Å²) < 4.78 is 0. The minimum Gasteiger partial charge on any atom is -0.306 e. The van der Waals surface area contributed by atoms with Crippen LogP contribution in [-0.2, 0) is 0 Å². The van der Waals surface area contributed by atoms with Gasteiger partial charge in [0.15, 0.2) is 0 Å². The molecule has 0 atom stereocenters. The monoisotopic (exact) mass is 240 g/mol. The van der Waals surface area contributed by atoms with Crippen molar-refractivity contribution in [3.8, 4) is 0 Å². The molecular formula is C15H32N2. The fourth-order valence-electron chi connectivity index (χ4n) is 2.81. The van der Waals surface area contributed by atoms with Crippen molar-refractivity contribution < 1.29 is 0 Å². The van der Waals surface area contributed by atoms with Crippen molar-refractivity contribution in [2.24, 2.45) is 23.7 Å². The van der Waals surface area contributed by atoms with Crippen molar-refractivity contribution in [1.29, 1.82) is 0 Å². The van der Waals surface area contributed by atoms with E-state index in [0.717, 1.165) is 23.7 Å². The molecule has 0 amide bonds. The van der Waals surface area contributed by atoms with Crippen LogP contribution < -0.4 is 0 Å². The Kier molecular flexibility index (Phi) is 5.94. The van der Waals surface area contributed by atoms with E-state index in [4.69, 9.17) is 0 Å². The van der Waals surface area contributed by atoms with Gasteiger partial charge in [-0.1, -0.05) is 27.7 Å². The van der Waals surface area contributed by atoms with Crippen LogP contribution >= 0.6 is 0 Å². The summed E-state index contributed by atoms with van der Waals surface area (Å²) in [6.45, 7) is 14.5. The molecule has 2 aliphatic heterocycles. The fraction of sp³-hybridized carbons (Fsp3) is 1.00. The molecule has 0 bridgehead atoms. The lowest BCUT2D eigenvalue weighted by Crippen LogP contribution is -2.46. The molecule has 102 valence electrons. The van der Waals surface area contributed by atoms with Crippen molar-refractivity contribution in [3.63, 3.8) is 0 Å². The Morgan fingerprint density at radius 1 is 0.882 bits per heavy atom. The summed E-state index contributed by atoms with van der Waals surface area (Å²) in [5, 5.41) is 0. The van der Waals surface area contributed by atoms with Gasteiger partial charge < -0.3 is 9.80 Å². The predicted octanol–water partition coefficient (Wildman–Crippen LogP) is 2.80. The average molecular weight is 240 g/mol. The molecule has 0 aliphatic carbocycles. The van der Waals surface area contributed by atoms with Crippen LogP contribution in [0.4, 0.5) is 0 Å². The van der Waals surface area contributed by atoms with Crippen LogP contribution in [0.2, 0.25) is 0 Å². The molecule has 2 aliphatic rings. The van der Waals surface area contributed by atoms with Gasteiger partial charge in [0.05, 0.1) is 0 Å². The molecule has 2 nitrogen and oxygen atoms in total. The summed E-state index contributed by atoms with van der Waals surface area (Å²) in [4.78, 5) is 4.75. The van der Waals surface area contributed by atoms with Gasteiger partial charge in [0.2, 0.25) is 0 Å². The van der Waals surface area contributed by atoms with Crippen molar-refractivity contribution >= 4 is 0 Å². The van der Waals surface area contributed by atoms with Gasteiger partial charge >= 0.3 is 0 Å². The van der Waals surface area contributed by atoms with Crippen molar-refractivity contribution in [2.75, 3.05) is 40.3 Å². The minimum absolute atomic E-state index is 0.892. The van der Waals surface area contributed by atoms with E-state index in [1.165, 1.54) is 32.6 Å². The maximum Gasteiger partial charge on any atom is 0.00214 e. The maximum atomic E-state index is 2.38. The summed E-state index contributed by atoms with van der Waals surface area (Å²) in [5.74, 6) is 3.78. The Labute approximate surface area is 108 Å². The van der Waals surface area contributed by atoms with E-state index in [0.29, 0.717) is 0 Å². The number of hydrogen-bond donors (Lipinski definition) is 0. The smallest absolute Gasteiger partial charge is 0.00214 e. The molecule has 2 saturated heterocycles.